The van der Waals surface area contributed by atoms with E-state index in [1.807, 2.05) is 0 Å². The van der Waals surface area contributed by atoms with Crippen LogP contribution < -0.4 is 5.73 Å². The first-order valence-electron chi connectivity index (χ1n) is 3.66. The monoisotopic (exact) mass is 165 g/mol. The van der Waals surface area contributed by atoms with Crippen molar-refractivity contribution < 1.29 is 9.90 Å². The summed E-state index contributed by atoms with van der Waals surface area (Å²) < 4.78 is 0. The lowest BCUT2D eigenvalue weighted by atomic mass is 10.0. The van der Waals surface area contributed by atoms with Crippen molar-refractivity contribution in [2.24, 2.45) is 5.73 Å². The molecule has 0 amide bonds. The Morgan fingerprint density at radius 3 is 2.33 bits per heavy atom. The zero-order valence-electron chi connectivity index (χ0n) is 6.82. The number of hydrogen-bond donors (Lipinski definition) is 2. The quantitative estimate of drug-likeness (QED) is 0.686. The highest BCUT2D eigenvalue weighted by Crippen LogP contribution is 2.15. The largest absolute Gasteiger partial charge is 0.508 e. The lowest BCUT2D eigenvalue weighted by molar-refractivity contribution is -0.118. The molecule has 0 spiro atoms. The molecular weight excluding hydrogens is 154 g/mol. The summed E-state index contributed by atoms with van der Waals surface area (Å²) in [6, 6.07) is 5.73. The van der Waals surface area contributed by atoms with E-state index in [1.54, 1.807) is 12.1 Å². The minimum Gasteiger partial charge on any atom is -0.508 e. The molecule has 1 atom stereocenters. The second-order valence-electron chi connectivity index (χ2n) is 2.68. The SMILES string of the molecule is CC(=O)[C@H](N)c1ccc(O)cc1. The van der Waals surface area contributed by atoms with Crippen LogP contribution in [0.3, 0.4) is 0 Å². The van der Waals surface area contributed by atoms with Gasteiger partial charge >= 0.3 is 0 Å². The van der Waals surface area contributed by atoms with Crippen LogP contribution in [0.25, 0.3) is 0 Å². The van der Waals surface area contributed by atoms with Crippen molar-refractivity contribution in [2.75, 3.05) is 0 Å². The summed E-state index contributed by atoms with van der Waals surface area (Å²) in [4.78, 5) is 10.8. The Balaban J connectivity index is 2.89. The van der Waals surface area contributed by atoms with Crippen LogP contribution in [0.4, 0.5) is 0 Å². The van der Waals surface area contributed by atoms with E-state index in [9.17, 15) is 4.79 Å². The molecule has 0 aliphatic heterocycles. The van der Waals surface area contributed by atoms with Gasteiger partial charge in [0, 0.05) is 0 Å². The number of phenolic OH excluding ortho intramolecular Hbond substituents is 1. The predicted octanol–water partition coefficient (Wildman–Crippen LogP) is 0.981. The maximum atomic E-state index is 10.8. The number of Topliss-reactive ketones (excluding diaryl/α,β-unsaturated/α-hetero) is 1. The summed E-state index contributed by atoms with van der Waals surface area (Å²) in [5.41, 5.74) is 6.28. The number of carbonyl (C=O) groups is 1. The van der Waals surface area contributed by atoms with Gasteiger partial charge in [0.2, 0.25) is 0 Å². The van der Waals surface area contributed by atoms with Crippen molar-refractivity contribution >= 4 is 5.78 Å². The van der Waals surface area contributed by atoms with E-state index < -0.39 is 6.04 Å². The average Bonchev–Trinajstić information content (AvgIpc) is 2.04. The van der Waals surface area contributed by atoms with Crippen molar-refractivity contribution in [3.8, 4) is 5.75 Å². The van der Waals surface area contributed by atoms with Crippen molar-refractivity contribution in [2.45, 2.75) is 13.0 Å². The van der Waals surface area contributed by atoms with Crippen LogP contribution in [0.15, 0.2) is 24.3 Å². The van der Waals surface area contributed by atoms with E-state index in [1.165, 1.54) is 19.1 Å². The van der Waals surface area contributed by atoms with Crippen LogP contribution in [0.5, 0.6) is 5.75 Å². The Labute approximate surface area is 70.8 Å². The van der Waals surface area contributed by atoms with E-state index in [2.05, 4.69) is 0 Å². The topological polar surface area (TPSA) is 63.3 Å². The third-order valence-corrected chi connectivity index (χ3v) is 1.69. The highest BCUT2D eigenvalue weighted by Gasteiger charge is 2.09. The Bertz CT molecular complexity index is 279. The van der Waals surface area contributed by atoms with E-state index in [4.69, 9.17) is 10.8 Å². The van der Waals surface area contributed by atoms with Crippen LogP contribution >= 0.6 is 0 Å². The normalized spacial score (nSPS) is 12.5. The van der Waals surface area contributed by atoms with Gasteiger partial charge in [-0.3, -0.25) is 4.79 Å². The summed E-state index contributed by atoms with van der Waals surface area (Å²) in [5, 5.41) is 8.95. The first-order chi connectivity index (χ1) is 5.61. The Kier molecular flexibility index (Phi) is 2.45. The number of ketones is 1. The van der Waals surface area contributed by atoms with E-state index in [0.717, 1.165) is 5.56 Å². The standard InChI is InChI=1S/C9H11NO2/c1-6(11)9(10)7-2-4-8(12)5-3-7/h2-5,9,12H,10H2,1H3/t9-/m0/s1. The fourth-order valence-electron chi connectivity index (χ4n) is 0.916. The van der Waals surface area contributed by atoms with Crippen LogP contribution in [0.2, 0.25) is 0 Å². The smallest absolute Gasteiger partial charge is 0.150 e. The molecule has 3 N–H and O–H groups in total. The zero-order valence-corrected chi connectivity index (χ0v) is 6.82. The number of carbonyl (C=O) groups excluding carboxylic acids is 1. The summed E-state index contributed by atoms with van der Waals surface area (Å²) >= 11 is 0. The van der Waals surface area contributed by atoms with Gasteiger partial charge in [0.15, 0.2) is 5.78 Å². The van der Waals surface area contributed by atoms with Gasteiger partial charge < -0.3 is 10.8 Å². The van der Waals surface area contributed by atoms with Crippen molar-refractivity contribution in [1.29, 1.82) is 0 Å². The third-order valence-electron chi connectivity index (χ3n) is 1.69. The molecular formula is C9H11NO2. The number of phenols is 1. The molecule has 0 saturated carbocycles. The summed E-state index contributed by atoms with van der Waals surface area (Å²) in [6.07, 6.45) is 0. The van der Waals surface area contributed by atoms with E-state index >= 15 is 0 Å². The molecule has 0 aromatic heterocycles. The fourth-order valence-corrected chi connectivity index (χ4v) is 0.916. The van der Waals surface area contributed by atoms with E-state index in [0.29, 0.717) is 0 Å². The molecule has 12 heavy (non-hydrogen) atoms. The van der Waals surface area contributed by atoms with Gasteiger partial charge in [-0.25, -0.2) is 0 Å². The molecule has 0 aliphatic rings. The molecule has 0 unspecified atom stereocenters. The molecule has 0 aliphatic carbocycles. The molecule has 0 radical (unpaired) electrons. The number of nitrogens with two attached hydrogens (primary N) is 1. The highest BCUT2D eigenvalue weighted by molar-refractivity contribution is 5.82. The highest BCUT2D eigenvalue weighted by atomic mass is 16.3. The maximum Gasteiger partial charge on any atom is 0.150 e. The van der Waals surface area contributed by atoms with Gasteiger partial charge in [-0.2, -0.15) is 0 Å². The van der Waals surface area contributed by atoms with Gasteiger partial charge in [0.25, 0.3) is 0 Å². The van der Waals surface area contributed by atoms with Crippen LogP contribution in [0, 0.1) is 0 Å². The number of rotatable bonds is 2. The first kappa shape index (κ1) is 8.74. The lowest BCUT2D eigenvalue weighted by Gasteiger charge is -2.06. The van der Waals surface area contributed by atoms with Gasteiger partial charge in [0.1, 0.15) is 5.75 Å². The van der Waals surface area contributed by atoms with Crippen LogP contribution in [-0.2, 0) is 4.79 Å². The molecule has 1 aromatic carbocycles. The predicted molar refractivity (Wildman–Crippen MR) is 45.7 cm³/mol. The lowest BCUT2D eigenvalue weighted by Crippen LogP contribution is -2.18. The van der Waals surface area contributed by atoms with Crippen LogP contribution in [0.1, 0.15) is 18.5 Å². The Morgan fingerprint density at radius 1 is 1.42 bits per heavy atom. The fraction of sp³-hybridized carbons (Fsp3) is 0.222. The number of benzene rings is 1. The second kappa shape index (κ2) is 3.36. The molecule has 3 nitrogen and oxygen atoms in total. The average molecular weight is 165 g/mol. The van der Waals surface area contributed by atoms with Gasteiger partial charge in [-0.15, -0.1) is 0 Å². The van der Waals surface area contributed by atoms with Crippen molar-refractivity contribution in [3.63, 3.8) is 0 Å². The van der Waals surface area contributed by atoms with E-state index in [-0.39, 0.29) is 11.5 Å². The van der Waals surface area contributed by atoms with Crippen molar-refractivity contribution in [1.82, 2.24) is 0 Å². The zero-order chi connectivity index (χ0) is 9.14. The van der Waals surface area contributed by atoms with Crippen LogP contribution in [-0.4, -0.2) is 10.9 Å². The minimum atomic E-state index is -0.578. The molecule has 3 heteroatoms. The number of hydrogen-bond acceptors (Lipinski definition) is 3. The molecule has 0 bridgehead atoms. The molecule has 0 fully saturated rings. The molecule has 1 aromatic rings. The molecule has 0 saturated heterocycles. The summed E-state index contributed by atoms with van der Waals surface area (Å²) in [5.74, 6) is 0.0928. The third kappa shape index (κ3) is 1.83. The first-order valence-corrected chi connectivity index (χ1v) is 3.66. The number of aromatic hydroxyl groups is 1. The summed E-state index contributed by atoms with van der Waals surface area (Å²) in [6.45, 7) is 1.44. The second-order valence-corrected chi connectivity index (χ2v) is 2.68. The van der Waals surface area contributed by atoms with Gasteiger partial charge in [0.05, 0.1) is 6.04 Å². The van der Waals surface area contributed by atoms with Crippen molar-refractivity contribution in [3.05, 3.63) is 29.8 Å². The molecule has 64 valence electrons. The van der Waals surface area contributed by atoms with Gasteiger partial charge in [-0.1, -0.05) is 12.1 Å². The minimum absolute atomic E-state index is 0.0827. The summed E-state index contributed by atoms with van der Waals surface area (Å²) in [7, 11) is 0. The van der Waals surface area contributed by atoms with Gasteiger partial charge in [-0.05, 0) is 24.6 Å². The Morgan fingerprint density at radius 2 is 1.92 bits per heavy atom. The Hall–Kier alpha value is -1.35. The molecule has 0 heterocycles. The maximum absolute atomic E-state index is 10.8. The molecule has 1 rings (SSSR count).